The van der Waals surface area contributed by atoms with E-state index < -0.39 is 5.97 Å². The summed E-state index contributed by atoms with van der Waals surface area (Å²) in [5.41, 5.74) is 0.791. The summed E-state index contributed by atoms with van der Waals surface area (Å²) >= 11 is 0. The van der Waals surface area contributed by atoms with Gasteiger partial charge in [0.1, 0.15) is 18.1 Å². The maximum Gasteiger partial charge on any atom is 0.331 e. The highest BCUT2D eigenvalue weighted by molar-refractivity contribution is 5.82. The van der Waals surface area contributed by atoms with E-state index in [1.165, 1.54) is 6.08 Å². The smallest absolute Gasteiger partial charge is 0.331 e. The molecular weight excluding hydrogens is 278 g/mol. The molecule has 0 saturated carbocycles. The largest absolute Gasteiger partial charge is 0.458 e. The van der Waals surface area contributed by atoms with Crippen molar-refractivity contribution < 1.29 is 14.3 Å². The Morgan fingerprint density at radius 1 is 1.18 bits per heavy atom. The van der Waals surface area contributed by atoms with Crippen molar-refractivity contribution in [3.8, 4) is 11.5 Å². The van der Waals surface area contributed by atoms with Gasteiger partial charge in [0.2, 0.25) is 0 Å². The standard InChI is InChI=1S/C18H17NO3/c1-2-3-4-11-18(20)21-14-15-8-5-6-10-17(15)22-16-9-7-12-19-13-16/h2-13H,14H2,1H3/b3-2+,11-4+. The van der Waals surface area contributed by atoms with E-state index >= 15 is 0 Å². The SMILES string of the molecule is C/C=C/C=C/C(=O)OCc1ccccc1Oc1cccnc1. The zero-order valence-corrected chi connectivity index (χ0v) is 12.3. The van der Waals surface area contributed by atoms with Crippen molar-refractivity contribution in [3.63, 3.8) is 0 Å². The fourth-order valence-corrected chi connectivity index (χ4v) is 1.70. The molecule has 0 aliphatic heterocycles. The fourth-order valence-electron chi connectivity index (χ4n) is 1.70. The minimum Gasteiger partial charge on any atom is -0.458 e. The lowest BCUT2D eigenvalue weighted by Crippen LogP contribution is -2.02. The molecule has 112 valence electrons. The number of allylic oxidation sites excluding steroid dienone is 3. The van der Waals surface area contributed by atoms with Crippen molar-refractivity contribution >= 4 is 5.97 Å². The molecule has 0 N–H and O–H groups in total. The summed E-state index contributed by atoms with van der Waals surface area (Å²) in [6, 6.07) is 11.0. The summed E-state index contributed by atoms with van der Waals surface area (Å²) in [6.45, 7) is 2.02. The van der Waals surface area contributed by atoms with Crippen LogP contribution in [0.5, 0.6) is 11.5 Å². The number of carbonyl (C=O) groups is 1. The zero-order chi connectivity index (χ0) is 15.6. The van der Waals surface area contributed by atoms with Crippen molar-refractivity contribution in [2.24, 2.45) is 0 Å². The fraction of sp³-hybridized carbons (Fsp3) is 0.111. The second kappa shape index (κ2) is 8.42. The lowest BCUT2D eigenvalue weighted by atomic mass is 10.2. The number of esters is 1. The van der Waals surface area contributed by atoms with Crippen LogP contribution in [0.15, 0.2) is 73.1 Å². The van der Waals surface area contributed by atoms with Gasteiger partial charge >= 0.3 is 5.97 Å². The van der Waals surface area contributed by atoms with Crippen LogP contribution in [0, 0.1) is 0 Å². The molecular formula is C18H17NO3. The average Bonchev–Trinajstić information content (AvgIpc) is 2.55. The van der Waals surface area contributed by atoms with Gasteiger partial charge in [-0.15, -0.1) is 0 Å². The molecule has 0 aliphatic rings. The maximum atomic E-state index is 11.6. The number of ether oxygens (including phenoxy) is 2. The Kier molecular flexibility index (Phi) is 5.93. The van der Waals surface area contributed by atoms with Gasteiger partial charge < -0.3 is 9.47 Å². The van der Waals surface area contributed by atoms with Crippen LogP contribution in [0.25, 0.3) is 0 Å². The Balaban J connectivity index is 2.01. The second-order valence-corrected chi connectivity index (χ2v) is 4.39. The lowest BCUT2D eigenvalue weighted by molar-refractivity contribution is -0.139. The van der Waals surface area contributed by atoms with E-state index in [9.17, 15) is 4.79 Å². The quantitative estimate of drug-likeness (QED) is 0.458. The third-order valence-corrected chi connectivity index (χ3v) is 2.74. The number of nitrogens with zero attached hydrogens (tertiary/aromatic N) is 1. The molecule has 0 amide bonds. The molecule has 0 bridgehead atoms. The molecule has 1 aromatic carbocycles. The molecule has 0 unspecified atom stereocenters. The number of carbonyl (C=O) groups excluding carboxylic acids is 1. The summed E-state index contributed by atoms with van der Waals surface area (Å²) in [5.74, 6) is 0.879. The Morgan fingerprint density at radius 2 is 2.05 bits per heavy atom. The van der Waals surface area contributed by atoms with Gasteiger partial charge in [-0.25, -0.2) is 4.79 Å². The van der Waals surface area contributed by atoms with Gasteiger partial charge in [0.15, 0.2) is 0 Å². The molecule has 0 radical (unpaired) electrons. The van der Waals surface area contributed by atoms with Gasteiger partial charge in [0.25, 0.3) is 0 Å². The van der Waals surface area contributed by atoms with Gasteiger partial charge in [0.05, 0.1) is 6.20 Å². The molecule has 2 rings (SSSR count). The normalized spacial score (nSPS) is 11.0. The van der Waals surface area contributed by atoms with Crippen LogP contribution in [0.3, 0.4) is 0 Å². The first-order valence-electron chi connectivity index (χ1n) is 6.91. The van der Waals surface area contributed by atoms with Crippen LogP contribution in [-0.2, 0) is 16.1 Å². The third kappa shape index (κ3) is 4.90. The molecule has 0 atom stereocenters. The van der Waals surface area contributed by atoms with Crippen LogP contribution in [0.4, 0.5) is 0 Å². The Hall–Kier alpha value is -2.88. The minimum absolute atomic E-state index is 0.148. The number of pyridine rings is 1. The molecule has 1 heterocycles. The topological polar surface area (TPSA) is 48.4 Å². The van der Waals surface area contributed by atoms with Crippen LogP contribution in [-0.4, -0.2) is 11.0 Å². The van der Waals surface area contributed by atoms with Gasteiger partial charge in [-0.1, -0.05) is 36.4 Å². The maximum absolute atomic E-state index is 11.6. The van der Waals surface area contributed by atoms with E-state index in [2.05, 4.69) is 4.98 Å². The molecule has 4 nitrogen and oxygen atoms in total. The molecule has 1 aromatic heterocycles. The Labute approximate surface area is 129 Å². The average molecular weight is 295 g/mol. The first kappa shape index (κ1) is 15.5. The summed E-state index contributed by atoms with van der Waals surface area (Å²) in [4.78, 5) is 15.6. The number of aromatic nitrogens is 1. The molecule has 0 saturated heterocycles. The molecule has 0 fully saturated rings. The Morgan fingerprint density at radius 3 is 2.82 bits per heavy atom. The van der Waals surface area contributed by atoms with Crippen molar-refractivity contribution in [2.45, 2.75) is 13.5 Å². The van der Waals surface area contributed by atoms with E-state index in [-0.39, 0.29) is 6.61 Å². The predicted molar refractivity (Wildman–Crippen MR) is 84.5 cm³/mol. The van der Waals surface area contributed by atoms with Crippen LogP contribution in [0.1, 0.15) is 12.5 Å². The Bertz CT molecular complexity index is 663. The monoisotopic (exact) mass is 295 g/mol. The van der Waals surface area contributed by atoms with E-state index in [0.29, 0.717) is 11.5 Å². The van der Waals surface area contributed by atoms with Crippen LogP contribution >= 0.6 is 0 Å². The number of rotatable bonds is 6. The second-order valence-electron chi connectivity index (χ2n) is 4.39. The number of benzene rings is 1. The number of hydrogen-bond donors (Lipinski definition) is 0. The van der Waals surface area contributed by atoms with Crippen molar-refractivity contribution in [2.75, 3.05) is 0 Å². The van der Waals surface area contributed by atoms with Gasteiger partial charge in [-0.3, -0.25) is 4.98 Å². The highest BCUT2D eigenvalue weighted by atomic mass is 16.5. The van der Waals surface area contributed by atoms with Crippen molar-refractivity contribution in [1.82, 2.24) is 4.98 Å². The van der Waals surface area contributed by atoms with Crippen molar-refractivity contribution in [3.05, 3.63) is 78.7 Å². The number of para-hydroxylation sites is 1. The molecule has 22 heavy (non-hydrogen) atoms. The van der Waals surface area contributed by atoms with Gasteiger partial charge in [-0.2, -0.15) is 0 Å². The van der Waals surface area contributed by atoms with E-state index in [0.717, 1.165) is 5.56 Å². The highest BCUT2D eigenvalue weighted by Crippen LogP contribution is 2.25. The highest BCUT2D eigenvalue weighted by Gasteiger charge is 2.06. The molecule has 4 heteroatoms. The van der Waals surface area contributed by atoms with Gasteiger partial charge in [-0.05, 0) is 25.1 Å². The summed E-state index contributed by atoms with van der Waals surface area (Å²) < 4.78 is 11.0. The first-order valence-corrected chi connectivity index (χ1v) is 6.91. The van der Waals surface area contributed by atoms with Crippen LogP contribution < -0.4 is 4.74 Å². The lowest BCUT2D eigenvalue weighted by Gasteiger charge is -2.10. The third-order valence-electron chi connectivity index (χ3n) is 2.74. The molecule has 2 aromatic rings. The summed E-state index contributed by atoms with van der Waals surface area (Å²) in [5, 5.41) is 0. The van der Waals surface area contributed by atoms with E-state index in [4.69, 9.17) is 9.47 Å². The minimum atomic E-state index is -0.394. The van der Waals surface area contributed by atoms with Gasteiger partial charge in [0, 0.05) is 17.8 Å². The zero-order valence-electron chi connectivity index (χ0n) is 12.3. The summed E-state index contributed by atoms with van der Waals surface area (Å²) in [7, 11) is 0. The summed E-state index contributed by atoms with van der Waals surface area (Å²) in [6.07, 6.45) is 9.92. The predicted octanol–water partition coefficient (Wildman–Crippen LogP) is 4.05. The van der Waals surface area contributed by atoms with Crippen molar-refractivity contribution in [1.29, 1.82) is 0 Å². The van der Waals surface area contributed by atoms with E-state index in [1.54, 1.807) is 30.6 Å². The molecule has 0 spiro atoms. The number of hydrogen-bond acceptors (Lipinski definition) is 4. The molecule has 0 aliphatic carbocycles. The van der Waals surface area contributed by atoms with Crippen LogP contribution in [0.2, 0.25) is 0 Å². The first-order chi connectivity index (χ1) is 10.8. The van der Waals surface area contributed by atoms with E-state index in [1.807, 2.05) is 43.3 Å².